The summed E-state index contributed by atoms with van der Waals surface area (Å²) in [5, 5.41) is 27.5. The second-order valence-corrected chi connectivity index (χ2v) is 14.8. The summed E-state index contributed by atoms with van der Waals surface area (Å²) in [5.74, 6) is -0.110. The van der Waals surface area contributed by atoms with Gasteiger partial charge in [0.15, 0.2) is 6.29 Å². The van der Waals surface area contributed by atoms with Crippen molar-refractivity contribution in [2.75, 3.05) is 30.7 Å². The lowest BCUT2D eigenvalue weighted by molar-refractivity contribution is -0.253. The number of rotatable bonds is 15. The summed E-state index contributed by atoms with van der Waals surface area (Å²) >= 11 is 6.09. The summed E-state index contributed by atoms with van der Waals surface area (Å²) in [5.41, 5.74) is 10.8. The molecule has 2 aliphatic heterocycles. The number of aliphatic hydroxyl groups excluding tert-OH is 1. The van der Waals surface area contributed by atoms with Gasteiger partial charge in [0.2, 0.25) is 11.8 Å². The minimum absolute atomic E-state index is 0.0174. The number of unbranched alkanes of at least 4 members (excludes halogenated alkanes) is 2. The Hall–Kier alpha value is -4.29. The predicted octanol–water partition coefficient (Wildman–Crippen LogP) is 7.15. The van der Waals surface area contributed by atoms with Gasteiger partial charge in [0.05, 0.1) is 35.8 Å². The monoisotopic (exact) mass is 754 g/mol. The van der Waals surface area contributed by atoms with E-state index in [2.05, 4.69) is 15.5 Å². The molecule has 0 bridgehead atoms. The Morgan fingerprint density at radius 3 is 2.15 bits per heavy atom. The van der Waals surface area contributed by atoms with Crippen LogP contribution in [0.4, 0.5) is 11.4 Å². The Labute approximate surface area is 322 Å². The van der Waals surface area contributed by atoms with Gasteiger partial charge in [-0.15, -0.1) is 0 Å². The number of halogens is 1. The highest BCUT2D eigenvalue weighted by molar-refractivity contribution is 6.30. The first-order valence-corrected chi connectivity index (χ1v) is 19.3. The van der Waals surface area contributed by atoms with E-state index in [1.165, 1.54) is 0 Å². The van der Waals surface area contributed by atoms with Gasteiger partial charge in [0, 0.05) is 56.0 Å². The molecule has 0 radical (unpaired) electrons. The summed E-state index contributed by atoms with van der Waals surface area (Å²) in [4.78, 5) is 27.1. The number of piperidine rings is 1. The number of nitrogen functional groups attached to an aromatic ring is 1. The van der Waals surface area contributed by atoms with Gasteiger partial charge < -0.3 is 41.0 Å². The van der Waals surface area contributed by atoms with Gasteiger partial charge in [-0.05, 0) is 72.2 Å². The lowest BCUT2D eigenvalue weighted by atomic mass is 9.84. The first-order valence-electron chi connectivity index (χ1n) is 18.9. The molecular weight excluding hydrogens is 704 g/mol. The van der Waals surface area contributed by atoms with Gasteiger partial charge in [-0.25, -0.2) is 0 Å². The van der Waals surface area contributed by atoms with E-state index in [1.807, 2.05) is 84.9 Å². The fourth-order valence-corrected chi connectivity index (χ4v) is 7.25. The Bertz CT molecular complexity index is 1810. The van der Waals surface area contributed by atoms with E-state index < -0.39 is 11.9 Å². The number of hydrogen-bond donors (Lipinski definition) is 5. The fraction of sp³-hybridized carbons (Fsp3) is 0.395. The normalized spacial score (nSPS) is 19.9. The lowest BCUT2D eigenvalue weighted by Crippen LogP contribution is -2.46. The number of ether oxygens (including phenoxy) is 2. The Balaban J connectivity index is 0.983. The van der Waals surface area contributed by atoms with E-state index in [1.54, 1.807) is 12.1 Å². The zero-order chi connectivity index (χ0) is 37.9. The van der Waals surface area contributed by atoms with Gasteiger partial charge in [0.25, 0.3) is 0 Å². The molecule has 2 saturated heterocycles. The van der Waals surface area contributed by atoms with Crippen LogP contribution in [0.5, 0.6) is 0 Å². The van der Waals surface area contributed by atoms with Crippen molar-refractivity contribution < 1.29 is 29.3 Å². The number of likely N-dealkylation sites (tertiary alicyclic amines) is 1. The summed E-state index contributed by atoms with van der Waals surface area (Å²) in [7, 11) is 0. The molecule has 0 saturated carbocycles. The standard InChI is InChI=1S/C43H51ClN4O6/c44-35-20-18-34(19-21-35)43(52)22-24-48(25-23-43)28-36-26-39(32-14-12-31(29-49)13-15-32)54-42(53-36)33-16-10-30(11-17-33)27-46-40(50)8-2-1-3-9-41(51)47-38-7-5-4-6-37(38)45/h4-7,10-21,36,39,42,49,52H,1-3,8-9,22-29,45H2,(H,46,50)(H,47,51)/t36-,39+,42+/m0/s1. The number of nitrogens with one attached hydrogen (secondary N) is 2. The molecule has 54 heavy (non-hydrogen) atoms. The third kappa shape index (κ3) is 10.9. The van der Waals surface area contributed by atoms with Crippen molar-refractivity contribution >= 4 is 34.8 Å². The maximum atomic E-state index is 12.6. The van der Waals surface area contributed by atoms with Gasteiger partial charge >= 0.3 is 0 Å². The van der Waals surface area contributed by atoms with Gasteiger partial charge in [-0.2, -0.15) is 0 Å². The van der Waals surface area contributed by atoms with E-state index in [-0.39, 0.29) is 30.6 Å². The quantitative estimate of drug-likeness (QED) is 0.0636. The van der Waals surface area contributed by atoms with Crippen molar-refractivity contribution in [3.8, 4) is 0 Å². The van der Waals surface area contributed by atoms with Crippen LogP contribution in [0.2, 0.25) is 5.02 Å². The number of nitrogens with zero attached hydrogens (tertiary/aromatic N) is 1. The maximum absolute atomic E-state index is 12.6. The highest BCUT2D eigenvalue weighted by atomic mass is 35.5. The second kappa shape index (κ2) is 18.8. The van der Waals surface area contributed by atoms with Crippen molar-refractivity contribution in [2.45, 2.75) is 88.6 Å². The van der Waals surface area contributed by atoms with E-state index in [9.17, 15) is 19.8 Å². The van der Waals surface area contributed by atoms with Crippen molar-refractivity contribution in [1.29, 1.82) is 0 Å². The molecule has 6 N–H and O–H groups in total. The van der Waals surface area contributed by atoms with Crippen LogP contribution in [0.25, 0.3) is 0 Å². The molecule has 2 amide bonds. The molecular formula is C43H51ClN4O6. The number of nitrogens with two attached hydrogens (primary N) is 1. The number of anilines is 2. The van der Waals surface area contributed by atoms with Crippen LogP contribution in [0.15, 0.2) is 97.1 Å². The molecule has 0 spiro atoms. The zero-order valence-electron chi connectivity index (χ0n) is 30.6. The number of benzene rings is 4. The zero-order valence-corrected chi connectivity index (χ0v) is 31.3. The number of aliphatic hydroxyl groups is 2. The predicted molar refractivity (Wildman–Crippen MR) is 210 cm³/mol. The van der Waals surface area contributed by atoms with Gasteiger partial charge in [-0.3, -0.25) is 9.59 Å². The van der Waals surface area contributed by atoms with Gasteiger partial charge in [0.1, 0.15) is 0 Å². The summed E-state index contributed by atoms with van der Waals surface area (Å²) in [6, 6.07) is 30.5. The molecule has 2 aliphatic rings. The Kier molecular flexibility index (Phi) is 13.7. The molecule has 11 heteroatoms. The molecule has 6 rings (SSSR count). The fourth-order valence-electron chi connectivity index (χ4n) is 7.13. The third-order valence-corrected chi connectivity index (χ3v) is 10.7. The smallest absolute Gasteiger partial charge is 0.224 e. The maximum Gasteiger partial charge on any atom is 0.224 e. The van der Waals surface area contributed by atoms with E-state index in [0.717, 1.165) is 47.3 Å². The van der Waals surface area contributed by atoms with Crippen LogP contribution in [0.3, 0.4) is 0 Å². The highest BCUT2D eigenvalue weighted by Gasteiger charge is 2.37. The molecule has 0 aliphatic carbocycles. The molecule has 2 fully saturated rings. The first-order chi connectivity index (χ1) is 26.2. The molecule has 3 atom stereocenters. The highest BCUT2D eigenvalue weighted by Crippen LogP contribution is 2.39. The minimum atomic E-state index is -0.878. The largest absolute Gasteiger partial charge is 0.397 e. The van der Waals surface area contributed by atoms with E-state index in [0.29, 0.717) is 74.4 Å². The van der Waals surface area contributed by atoms with Crippen LogP contribution in [0, 0.1) is 0 Å². The van der Waals surface area contributed by atoms with E-state index >= 15 is 0 Å². The number of carbonyl (C=O) groups is 2. The van der Waals surface area contributed by atoms with Crippen molar-refractivity contribution in [1.82, 2.24) is 10.2 Å². The molecule has 286 valence electrons. The number of para-hydroxylation sites is 2. The first kappa shape index (κ1) is 39.4. The van der Waals surface area contributed by atoms with Crippen LogP contribution < -0.4 is 16.4 Å². The number of carbonyl (C=O) groups excluding carboxylic acids is 2. The van der Waals surface area contributed by atoms with Crippen molar-refractivity contribution in [2.24, 2.45) is 0 Å². The number of hydrogen-bond acceptors (Lipinski definition) is 8. The Morgan fingerprint density at radius 1 is 0.815 bits per heavy atom. The average Bonchev–Trinajstić information content (AvgIpc) is 3.19. The molecule has 0 unspecified atom stereocenters. The second-order valence-electron chi connectivity index (χ2n) is 14.4. The SMILES string of the molecule is Nc1ccccc1NC(=O)CCCCCC(=O)NCc1ccc([C@@H]2O[C@H](CN3CCC(O)(c4ccc(Cl)cc4)CC3)C[C@H](c3ccc(CO)cc3)O2)cc1. The van der Waals surface area contributed by atoms with Crippen molar-refractivity contribution in [3.05, 3.63) is 130 Å². The van der Waals surface area contributed by atoms with Crippen LogP contribution in [-0.4, -0.2) is 52.7 Å². The summed E-state index contributed by atoms with van der Waals surface area (Å²) in [6.45, 7) is 2.58. The molecule has 10 nitrogen and oxygen atoms in total. The van der Waals surface area contributed by atoms with E-state index in [4.69, 9.17) is 26.8 Å². The van der Waals surface area contributed by atoms with Crippen LogP contribution >= 0.6 is 11.6 Å². The van der Waals surface area contributed by atoms with Crippen LogP contribution in [0.1, 0.15) is 91.6 Å². The third-order valence-electron chi connectivity index (χ3n) is 10.4. The summed E-state index contributed by atoms with van der Waals surface area (Å²) in [6.07, 6.45) is 3.97. The average molecular weight is 755 g/mol. The van der Waals surface area contributed by atoms with Gasteiger partial charge in [-0.1, -0.05) is 90.8 Å². The molecule has 0 aromatic heterocycles. The lowest BCUT2D eigenvalue weighted by Gasteiger charge is -2.42. The molecule has 2 heterocycles. The molecule has 4 aromatic carbocycles. The molecule has 4 aromatic rings. The topological polar surface area (TPSA) is 146 Å². The minimum Gasteiger partial charge on any atom is -0.397 e. The number of amides is 2. The Morgan fingerprint density at radius 2 is 1.46 bits per heavy atom. The van der Waals surface area contributed by atoms with Crippen molar-refractivity contribution in [3.63, 3.8) is 0 Å². The van der Waals surface area contributed by atoms with Crippen LogP contribution in [-0.2, 0) is 37.8 Å². The summed E-state index contributed by atoms with van der Waals surface area (Å²) < 4.78 is 13.1.